The van der Waals surface area contributed by atoms with E-state index in [2.05, 4.69) is 20.2 Å². The molecule has 2 rings (SSSR count). The zero-order chi connectivity index (χ0) is 16.4. The summed E-state index contributed by atoms with van der Waals surface area (Å²) >= 11 is 1.32. The average Bonchev–Trinajstić information content (AvgIpc) is 2.86. The summed E-state index contributed by atoms with van der Waals surface area (Å²) < 4.78 is 25.8. The molecule has 9 heteroatoms. The highest BCUT2D eigenvalue weighted by molar-refractivity contribution is 7.88. The topological polar surface area (TPSA) is 101 Å². The summed E-state index contributed by atoms with van der Waals surface area (Å²) in [5.74, 6) is -0.106. The molecule has 0 saturated heterocycles. The summed E-state index contributed by atoms with van der Waals surface area (Å²) in [7, 11) is -3.47. The first-order valence-corrected chi connectivity index (χ1v) is 10.1. The van der Waals surface area contributed by atoms with E-state index in [0.717, 1.165) is 30.5 Å². The Hall–Kier alpha value is -1.06. The minimum atomic E-state index is -3.47. The molecule has 1 saturated carbocycles. The predicted octanol–water partition coefficient (Wildman–Crippen LogP) is 1.85. The number of rotatable bonds is 5. The highest BCUT2D eigenvalue weighted by Crippen LogP contribution is 2.31. The van der Waals surface area contributed by atoms with Crippen LogP contribution in [0.25, 0.3) is 0 Å². The van der Waals surface area contributed by atoms with Gasteiger partial charge in [-0.1, -0.05) is 44.4 Å². The van der Waals surface area contributed by atoms with E-state index in [1.54, 1.807) is 0 Å². The van der Waals surface area contributed by atoms with Crippen molar-refractivity contribution in [2.45, 2.75) is 57.4 Å². The third-order valence-corrected chi connectivity index (χ3v) is 5.58. The van der Waals surface area contributed by atoms with Crippen molar-refractivity contribution in [3.63, 3.8) is 0 Å². The molecule has 0 spiro atoms. The molecule has 0 bridgehead atoms. The van der Waals surface area contributed by atoms with Crippen molar-refractivity contribution >= 4 is 32.4 Å². The Morgan fingerprint density at radius 2 is 1.86 bits per heavy atom. The Balaban J connectivity index is 2.18. The fourth-order valence-corrected chi connectivity index (χ4v) is 4.37. The van der Waals surface area contributed by atoms with Gasteiger partial charge in [0.05, 0.1) is 6.26 Å². The van der Waals surface area contributed by atoms with Gasteiger partial charge in [-0.05, 0) is 12.8 Å². The standard InChI is InChI=1S/C13H22N4O3S2/c1-9(2)10-15-16-12(21-10)14-11(18)13(17-22(3,19)20)7-5-4-6-8-13/h9,17H,4-8H2,1-3H3,(H,14,16,18). The molecule has 0 atom stereocenters. The maximum atomic E-state index is 12.6. The molecular weight excluding hydrogens is 324 g/mol. The zero-order valence-corrected chi connectivity index (χ0v) is 14.7. The number of anilines is 1. The largest absolute Gasteiger partial charge is 0.299 e. The van der Waals surface area contributed by atoms with Crippen LogP contribution in [0.15, 0.2) is 0 Å². The van der Waals surface area contributed by atoms with Gasteiger partial charge in [0.1, 0.15) is 10.5 Å². The summed E-state index contributed by atoms with van der Waals surface area (Å²) in [6.45, 7) is 4.00. The van der Waals surface area contributed by atoms with Gasteiger partial charge in [0.15, 0.2) is 0 Å². The number of hydrogen-bond donors (Lipinski definition) is 2. The van der Waals surface area contributed by atoms with Gasteiger partial charge in [-0.25, -0.2) is 8.42 Å². The second-order valence-electron chi connectivity index (χ2n) is 6.07. The van der Waals surface area contributed by atoms with Crippen LogP contribution in [0, 0.1) is 0 Å². The van der Waals surface area contributed by atoms with Crippen molar-refractivity contribution in [3.05, 3.63) is 5.01 Å². The smallest absolute Gasteiger partial charge is 0.247 e. The van der Waals surface area contributed by atoms with Gasteiger partial charge in [0, 0.05) is 5.92 Å². The number of aromatic nitrogens is 2. The van der Waals surface area contributed by atoms with Crippen LogP contribution in [0.3, 0.4) is 0 Å². The second-order valence-corrected chi connectivity index (χ2v) is 8.83. The lowest BCUT2D eigenvalue weighted by molar-refractivity contribution is -0.122. The Morgan fingerprint density at radius 1 is 1.23 bits per heavy atom. The van der Waals surface area contributed by atoms with E-state index in [1.165, 1.54) is 11.3 Å². The number of amides is 1. The fraction of sp³-hybridized carbons (Fsp3) is 0.769. The first-order chi connectivity index (χ1) is 10.2. The summed E-state index contributed by atoms with van der Waals surface area (Å²) in [6, 6.07) is 0. The molecule has 124 valence electrons. The summed E-state index contributed by atoms with van der Waals surface area (Å²) in [4.78, 5) is 12.6. The summed E-state index contributed by atoms with van der Waals surface area (Å²) in [5, 5.41) is 12.0. The molecule has 0 radical (unpaired) electrons. The average molecular weight is 346 g/mol. The van der Waals surface area contributed by atoms with E-state index < -0.39 is 15.6 Å². The molecule has 0 aliphatic heterocycles. The van der Waals surface area contributed by atoms with E-state index in [1.807, 2.05) is 13.8 Å². The molecule has 1 fully saturated rings. The first-order valence-electron chi connectivity index (χ1n) is 7.36. The van der Waals surface area contributed by atoms with Crippen molar-refractivity contribution in [2.24, 2.45) is 0 Å². The van der Waals surface area contributed by atoms with E-state index in [0.29, 0.717) is 18.0 Å². The van der Waals surface area contributed by atoms with Crippen LogP contribution in [0.4, 0.5) is 5.13 Å². The highest BCUT2D eigenvalue weighted by Gasteiger charge is 2.42. The van der Waals surface area contributed by atoms with Crippen LogP contribution in [0.5, 0.6) is 0 Å². The van der Waals surface area contributed by atoms with Crippen molar-refractivity contribution in [1.82, 2.24) is 14.9 Å². The van der Waals surface area contributed by atoms with E-state index >= 15 is 0 Å². The molecule has 1 aromatic heterocycles. The molecule has 1 aromatic rings. The third kappa shape index (κ3) is 4.23. The van der Waals surface area contributed by atoms with Crippen molar-refractivity contribution in [1.29, 1.82) is 0 Å². The molecule has 1 aliphatic rings. The van der Waals surface area contributed by atoms with Gasteiger partial charge >= 0.3 is 0 Å². The molecule has 7 nitrogen and oxygen atoms in total. The molecule has 1 heterocycles. The van der Waals surface area contributed by atoms with E-state index in [4.69, 9.17) is 0 Å². The maximum absolute atomic E-state index is 12.6. The number of nitrogens with zero attached hydrogens (tertiary/aromatic N) is 2. The fourth-order valence-electron chi connectivity index (χ4n) is 2.62. The van der Waals surface area contributed by atoms with E-state index in [-0.39, 0.29) is 11.8 Å². The van der Waals surface area contributed by atoms with Crippen LogP contribution >= 0.6 is 11.3 Å². The predicted molar refractivity (Wildman–Crippen MR) is 86.4 cm³/mol. The summed E-state index contributed by atoms with van der Waals surface area (Å²) in [5.41, 5.74) is -1.07. The van der Waals surface area contributed by atoms with Crippen LogP contribution < -0.4 is 10.0 Å². The molecule has 2 N–H and O–H groups in total. The molecular formula is C13H22N4O3S2. The van der Waals surface area contributed by atoms with E-state index in [9.17, 15) is 13.2 Å². The van der Waals surface area contributed by atoms with Crippen molar-refractivity contribution in [3.8, 4) is 0 Å². The van der Waals surface area contributed by atoms with Crippen LogP contribution in [0.2, 0.25) is 0 Å². The quantitative estimate of drug-likeness (QED) is 0.847. The van der Waals surface area contributed by atoms with Gasteiger partial charge in [0.25, 0.3) is 0 Å². The Bertz CT molecular complexity index is 633. The van der Waals surface area contributed by atoms with Gasteiger partial charge in [0.2, 0.25) is 21.1 Å². The van der Waals surface area contributed by atoms with Crippen LogP contribution in [0.1, 0.15) is 56.9 Å². The number of sulfonamides is 1. The highest BCUT2D eigenvalue weighted by atomic mass is 32.2. The van der Waals surface area contributed by atoms with Gasteiger partial charge < -0.3 is 0 Å². The monoisotopic (exact) mass is 346 g/mol. The normalized spacial score (nSPS) is 18.4. The maximum Gasteiger partial charge on any atom is 0.247 e. The SMILES string of the molecule is CC(C)c1nnc(NC(=O)C2(NS(C)(=O)=O)CCCCC2)s1. The van der Waals surface area contributed by atoms with Gasteiger partial charge in [-0.15, -0.1) is 10.2 Å². The minimum absolute atomic E-state index is 0.237. The number of carbonyl (C=O) groups is 1. The van der Waals surface area contributed by atoms with Crippen LogP contribution in [-0.4, -0.2) is 36.3 Å². The first kappa shape index (κ1) is 17.3. The lowest BCUT2D eigenvalue weighted by Gasteiger charge is -2.35. The van der Waals surface area contributed by atoms with Crippen molar-refractivity contribution in [2.75, 3.05) is 11.6 Å². The minimum Gasteiger partial charge on any atom is -0.299 e. The van der Waals surface area contributed by atoms with Crippen LogP contribution in [-0.2, 0) is 14.8 Å². The molecule has 0 unspecified atom stereocenters. The Labute approximate surface area is 135 Å². The number of nitrogens with one attached hydrogen (secondary N) is 2. The molecule has 22 heavy (non-hydrogen) atoms. The molecule has 1 amide bonds. The lowest BCUT2D eigenvalue weighted by atomic mass is 9.82. The Kier molecular flexibility index (Phi) is 5.18. The van der Waals surface area contributed by atoms with Gasteiger partial charge in [-0.2, -0.15) is 4.72 Å². The molecule has 1 aliphatic carbocycles. The lowest BCUT2D eigenvalue weighted by Crippen LogP contribution is -2.57. The summed E-state index contributed by atoms with van der Waals surface area (Å²) in [6.07, 6.45) is 4.74. The Morgan fingerprint density at radius 3 is 2.36 bits per heavy atom. The molecule has 0 aromatic carbocycles. The number of hydrogen-bond acceptors (Lipinski definition) is 6. The van der Waals surface area contributed by atoms with Crippen molar-refractivity contribution < 1.29 is 13.2 Å². The second kappa shape index (κ2) is 6.59. The number of carbonyl (C=O) groups excluding carboxylic acids is 1. The van der Waals surface area contributed by atoms with Gasteiger partial charge in [-0.3, -0.25) is 10.1 Å². The third-order valence-electron chi connectivity index (χ3n) is 3.68. The zero-order valence-electron chi connectivity index (χ0n) is 13.0.